The lowest BCUT2D eigenvalue weighted by atomic mass is 10.1. The highest BCUT2D eigenvalue weighted by Crippen LogP contribution is 2.29. The van der Waals surface area contributed by atoms with Crippen LogP contribution in [-0.4, -0.2) is 20.8 Å². The quantitative estimate of drug-likeness (QED) is 0.935. The van der Waals surface area contributed by atoms with E-state index in [2.05, 4.69) is 51.2 Å². The van der Waals surface area contributed by atoms with Crippen molar-refractivity contribution < 1.29 is 0 Å². The molecule has 2 aromatic heterocycles. The first-order valence-corrected chi connectivity index (χ1v) is 7.40. The van der Waals surface area contributed by atoms with Gasteiger partial charge in [-0.15, -0.1) is 11.3 Å². The van der Waals surface area contributed by atoms with Crippen molar-refractivity contribution in [3.8, 4) is 0 Å². The molecule has 104 valence electrons. The zero-order valence-corrected chi connectivity index (χ0v) is 13.3. The summed E-state index contributed by atoms with van der Waals surface area (Å²) in [4.78, 5) is 5.99. The highest BCUT2D eigenvalue weighted by Gasteiger charge is 2.22. The van der Waals surface area contributed by atoms with E-state index in [1.54, 1.807) is 11.3 Å². The molecular formula is C14H22N4S. The molecule has 1 atom stereocenters. The molecule has 0 bridgehead atoms. The Balaban J connectivity index is 2.43. The molecule has 1 unspecified atom stereocenters. The van der Waals surface area contributed by atoms with Crippen molar-refractivity contribution in [1.29, 1.82) is 0 Å². The van der Waals surface area contributed by atoms with Gasteiger partial charge in [-0.2, -0.15) is 5.10 Å². The molecule has 4 nitrogen and oxygen atoms in total. The predicted molar refractivity (Wildman–Crippen MR) is 79.6 cm³/mol. The molecule has 0 radical (unpaired) electrons. The Morgan fingerprint density at radius 2 is 1.89 bits per heavy atom. The van der Waals surface area contributed by atoms with Crippen molar-refractivity contribution in [3.05, 3.63) is 33.0 Å². The first-order chi connectivity index (χ1) is 8.88. The molecule has 0 saturated heterocycles. The lowest BCUT2D eigenvalue weighted by Gasteiger charge is -2.18. The summed E-state index contributed by atoms with van der Waals surface area (Å²) >= 11 is 1.77. The van der Waals surface area contributed by atoms with E-state index in [1.165, 1.54) is 10.4 Å². The van der Waals surface area contributed by atoms with E-state index in [0.29, 0.717) is 6.04 Å². The number of nitrogens with one attached hydrogen (secondary N) is 1. The normalized spacial score (nSPS) is 13.2. The van der Waals surface area contributed by atoms with Crippen LogP contribution in [0.1, 0.15) is 46.7 Å². The Morgan fingerprint density at radius 3 is 2.32 bits per heavy atom. The molecule has 19 heavy (non-hydrogen) atoms. The van der Waals surface area contributed by atoms with Crippen LogP contribution in [0.15, 0.2) is 6.20 Å². The molecule has 0 aliphatic heterocycles. The van der Waals surface area contributed by atoms with Gasteiger partial charge in [-0.1, -0.05) is 0 Å². The van der Waals surface area contributed by atoms with Gasteiger partial charge < -0.3 is 5.32 Å². The Hall–Kier alpha value is -1.20. The van der Waals surface area contributed by atoms with Crippen LogP contribution in [0.2, 0.25) is 0 Å². The van der Waals surface area contributed by atoms with Gasteiger partial charge in [0.05, 0.1) is 17.4 Å². The summed E-state index contributed by atoms with van der Waals surface area (Å²) in [5, 5.41) is 9.17. The van der Waals surface area contributed by atoms with E-state index in [4.69, 9.17) is 4.98 Å². The molecule has 0 saturated carbocycles. The van der Waals surface area contributed by atoms with E-state index in [0.717, 1.165) is 16.4 Å². The van der Waals surface area contributed by atoms with E-state index in [-0.39, 0.29) is 6.04 Å². The fourth-order valence-corrected chi connectivity index (χ4v) is 3.15. The van der Waals surface area contributed by atoms with Crippen molar-refractivity contribution in [1.82, 2.24) is 20.1 Å². The molecule has 1 N–H and O–H groups in total. The molecule has 0 spiro atoms. The third-order valence-corrected chi connectivity index (χ3v) is 4.29. The van der Waals surface area contributed by atoms with Gasteiger partial charge in [0.1, 0.15) is 5.01 Å². The minimum absolute atomic E-state index is 0.131. The largest absolute Gasteiger partial charge is 0.302 e. The highest BCUT2D eigenvalue weighted by atomic mass is 32.1. The van der Waals surface area contributed by atoms with E-state index >= 15 is 0 Å². The molecule has 2 heterocycles. The van der Waals surface area contributed by atoms with Crippen LogP contribution in [0.3, 0.4) is 0 Å². The van der Waals surface area contributed by atoms with Crippen LogP contribution < -0.4 is 5.32 Å². The molecule has 0 aliphatic carbocycles. The Bertz CT molecular complexity index is 549. The summed E-state index contributed by atoms with van der Waals surface area (Å²) in [6.45, 7) is 10.6. The summed E-state index contributed by atoms with van der Waals surface area (Å²) in [5.41, 5.74) is 3.40. The van der Waals surface area contributed by atoms with Gasteiger partial charge in [0.15, 0.2) is 0 Å². The Morgan fingerprint density at radius 1 is 1.21 bits per heavy atom. The van der Waals surface area contributed by atoms with Gasteiger partial charge >= 0.3 is 0 Å². The third-order valence-electron chi connectivity index (χ3n) is 3.15. The van der Waals surface area contributed by atoms with Crippen molar-refractivity contribution >= 4 is 11.3 Å². The van der Waals surface area contributed by atoms with Gasteiger partial charge in [-0.25, -0.2) is 4.98 Å². The zero-order valence-electron chi connectivity index (χ0n) is 12.5. The highest BCUT2D eigenvalue weighted by molar-refractivity contribution is 7.11. The average Bonchev–Trinajstić information content (AvgIpc) is 2.79. The zero-order chi connectivity index (χ0) is 14.2. The molecule has 0 amide bonds. The lowest BCUT2D eigenvalue weighted by Crippen LogP contribution is -2.29. The van der Waals surface area contributed by atoms with Crippen LogP contribution in [0.5, 0.6) is 0 Å². The topological polar surface area (TPSA) is 42.7 Å². The molecule has 2 aromatic rings. The molecule has 0 fully saturated rings. The minimum atomic E-state index is 0.131. The molecule has 0 aromatic carbocycles. The smallest absolute Gasteiger partial charge is 0.115 e. The van der Waals surface area contributed by atoms with E-state index in [1.807, 2.05) is 11.7 Å². The summed E-state index contributed by atoms with van der Waals surface area (Å²) in [7, 11) is 1.96. The van der Waals surface area contributed by atoms with Crippen molar-refractivity contribution in [2.75, 3.05) is 0 Å². The SMILES string of the molecule is Cc1nn(C)cc1C(NC(C)C)c1nc(C)c(C)s1. The number of aryl methyl sites for hydroxylation is 4. The average molecular weight is 278 g/mol. The Kier molecular flexibility index (Phi) is 4.06. The lowest BCUT2D eigenvalue weighted by molar-refractivity contribution is 0.525. The van der Waals surface area contributed by atoms with E-state index in [9.17, 15) is 0 Å². The summed E-state index contributed by atoms with van der Waals surface area (Å²) in [6.07, 6.45) is 2.08. The molecular weight excluding hydrogens is 256 g/mol. The molecule has 2 rings (SSSR count). The third kappa shape index (κ3) is 3.04. The summed E-state index contributed by atoms with van der Waals surface area (Å²) in [6, 6.07) is 0.528. The molecule has 0 aliphatic rings. The molecule has 5 heteroatoms. The van der Waals surface area contributed by atoms with Crippen LogP contribution in [0.4, 0.5) is 0 Å². The number of nitrogens with zero attached hydrogens (tertiary/aromatic N) is 3. The van der Waals surface area contributed by atoms with Crippen LogP contribution in [0, 0.1) is 20.8 Å². The second-order valence-corrected chi connectivity index (χ2v) is 6.53. The second-order valence-electron chi connectivity index (χ2n) is 5.29. The number of rotatable bonds is 4. The van der Waals surface area contributed by atoms with Crippen molar-refractivity contribution in [2.24, 2.45) is 7.05 Å². The number of hydrogen-bond donors (Lipinski definition) is 1. The van der Waals surface area contributed by atoms with Gasteiger partial charge in [0, 0.05) is 29.7 Å². The van der Waals surface area contributed by atoms with Gasteiger partial charge in [-0.05, 0) is 34.6 Å². The fourth-order valence-electron chi connectivity index (χ4n) is 2.15. The fraction of sp³-hybridized carbons (Fsp3) is 0.571. The van der Waals surface area contributed by atoms with Crippen molar-refractivity contribution in [3.63, 3.8) is 0 Å². The van der Waals surface area contributed by atoms with Gasteiger partial charge in [0.25, 0.3) is 0 Å². The first kappa shape index (κ1) is 14.2. The summed E-state index contributed by atoms with van der Waals surface area (Å²) in [5.74, 6) is 0. The van der Waals surface area contributed by atoms with Gasteiger partial charge in [-0.3, -0.25) is 4.68 Å². The van der Waals surface area contributed by atoms with Crippen LogP contribution in [0.25, 0.3) is 0 Å². The number of hydrogen-bond acceptors (Lipinski definition) is 4. The van der Waals surface area contributed by atoms with Gasteiger partial charge in [0.2, 0.25) is 0 Å². The minimum Gasteiger partial charge on any atom is -0.302 e. The number of thiazole rings is 1. The van der Waals surface area contributed by atoms with Crippen LogP contribution in [-0.2, 0) is 7.05 Å². The standard InChI is InChI=1S/C14H22N4S/c1-8(2)15-13(12-7-18(6)17-10(12)4)14-16-9(3)11(5)19-14/h7-8,13,15H,1-6H3. The maximum atomic E-state index is 4.71. The van der Waals surface area contributed by atoms with E-state index < -0.39 is 0 Å². The second kappa shape index (κ2) is 5.43. The maximum Gasteiger partial charge on any atom is 0.115 e. The Labute approximate surface area is 118 Å². The predicted octanol–water partition coefficient (Wildman–Crippen LogP) is 2.89. The summed E-state index contributed by atoms with van der Waals surface area (Å²) < 4.78 is 1.87. The first-order valence-electron chi connectivity index (χ1n) is 6.58. The maximum absolute atomic E-state index is 4.71. The number of aromatic nitrogens is 3. The monoisotopic (exact) mass is 278 g/mol. The van der Waals surface area contributed by atoms with Crippen molar-refractivity contribution in [2.45, 2.75) is 46.7 Å². The van der Waals surface area contributed by atoms with Crippen LogP contribution >= 0.6 is 11.3 Å².